The predicted molar refractivity (Wildman–Crippen MR) is 180 cm³/mol. The number of carbonyl (C=O) groups excluding carboxylic acids is 2. The number of esters is 1. The summed E-state index contributed by atoms with van der Waals surface area (Å²) in [5, 5.41) is 2.07. The van der Waals surface area contributed by atoms with Crippen LogP contribution >= 0.6 is 0 Å². The van der Waals surface area contributed by atoms with Crippen LogP contribution in [0.15, 0.2) is 41.3 Å². The lowest BCUT2D eigenvalue weighted by atomic mass is 9.90. The van der Waals surface area contributed by atoms with E-state index in [2.05, 4.69) is 5.32 Å². The van der Waals surface area contributed by atoms with Gasteiger partial charge in [-0.25, -0.2) is 18.0 Å². The number of nitrogens with zero attached hydrogens (tertiary/aromatic N) is 2. The Morgan fingerprint density at radius 3 is 2.13 bits per heavy atom. The van der Waals surface area contributed by atoms with Gasteiger partial charge in [0.2, 0.25) is 5.91 Å². The Labute approximate surface area is 300 Å². The molecule has 2 aromatic carbocycles. The Balaban J connectivity index is 2.35. The zero-order valence-corrected chi connectivity index (χ0v) is 30.1. The number of pyridine rings is 1. The monoisotopic (exact) mass is 761 g/mol. The summed E-state index contributed by atoms with van der Waals surface area (Å²) in [6.07, 6.45) is -9.39. The molecule has 3 aromatic rings. The van der Waals surface area contributed by atoms with Gasteiger partial charge in [0.15, 0.2) is 0 Å². The topological polar surface area (TPSA) is 80.6 Å². The number of amides is 1. The van der Waals surface area contributed by atoms with Crippen LogP contribution < -0.4 is 10.9 Å². The van der Waals surface area contributed by atoms with E-state index in [9.17, 15) is 45.1 Å². The van der Waals surface area contributed by atoms with Crippen LogP contribution in [0.1, 0.15) is 73.0 Å². The maximum Gasteiger partial charge on any atom is 0.419 e. The second kappa shape index (κ2) is 17.0. The minimum atomic E-state index is -5.47. The molecule has 0 saturated heterocycles. The Morgan fingerprint density at radius 2 is 1.58 bits per heavy atom. The van der Waals surface area contributed by atoms with Gasteiger partial charge in [0.05, 0.1) is 29.0 Å². The molecule has 1 heterocycles. The van der Waals surface area contributed by atoms with Crippen LogP contribution in [0.2, 0.25) is 0 Å². The van der Waals surface area contributed by atoms with Crippen molar-refractivity contribution < 1.29 is 53.8 Å². The van der Waals surface area contributed by atoms with Gasteiger partial charge >= 0.3 is 18.3 Å². The quantitative estimate of drug-likeness (QED) is 0.108. The molecule has 53 heavy (non-hydrogen) atoms. The average Bonchev–Trinajstić information content (AvgIpc) is 3.02. The molecule has 0 aliphatic carbocycles. The number of ether oxygens (including phenoxy) is 1. The molecule has 7 nitrogen and oxygen atoms in total. The molecule has 3 rings (SSSR count). The van der Waals surface area contributed by atoms with E-state index in [0.29, 0.717) is 23.3 Å². The van der Waals surface area contributed by atoms with E-state index >= 15 is 8.78 Å². The molecule has 1 amide bonds. The summed E-state index contributed by atoms with van der Waals surface area (Å²) in [7, 11) is 3.41. The van der Waals surface area contributed by atoms with E-state index in [1.54, 1.807) is 32.8 Å². The molecular weight excluding hydrogens is 721 g/mol. The van der Waals surface area contributed by atoms with Gasteiger partial charge in [-0.2, -0.15) is 26.3 Å². The molecule has 1 aromatic heterocycles. The summed E-state index contributed by atoms with van der Waals surface area (Å²) in [6, 6.07) is 0.945. The van der Waals surface area contributed by atoms with Crippen molar-refractivity contribution in [3.63, 3.8) is 0 Å². The highest BCUT2D eigenvalue weighted by molar-refractivity contribution is 5.98. The van der Waals surface area contributed by atoms with Crippen molar-refractivity contribution in [2.24, 2.45) is 5.92 Å². The third-order valence-electron chi connectivity index (χ3n) is 8.31. The second-order valence-electron chi connectivity index (χ2n) is 13.1. The fourth-order valence-corrected chi connectivity index (χ4v) is 5.86. The molecule has 1 N–H and O–H groups in total. The zero-order chi connectivity index (χ0) is 40.2. The number of alkyl halides is 6. The maximum atomic E-state index is 16.6. The Kier molecular flexibility index (Phi) is 13.8. The standard InChI is InChI=1S/C37H40F9N3O4/c1-8-53-30(51)17-27(32-33(39)23(15-25(34(32)40)37(44,45)46)31-20(4)11-12-26(38)21(31)5)47-35(52)28(14-19(2)3)49-18-22(10-9-13-48(6)7)24(16-29(49)50)36(41,42)43/h11-12,15-19,28H,8-10,13-14H2,1-7H3,(H,47,52)/b27-17+. The number of hydrogen-bond acceptors (Lipinski definition) is 5. The molecule has 0 bridgehead atoms. The number of nitrogens with one attached hydrogen (secondary N) is 1. The lowest BCUT2D eigenvalue weighted by Crippen LogP contribution is -2.38. The summed E-state index contributed by atoms with van der Waals surface area (Å²) in [5.41, 5.74) is -8.97. The predicted octanol–water partition coefficient (Wildman–Crippen LogP) is 8.39. The summed E-state index contributed by atoms with van der Waals surface area (Å²) in [5.74, 6) is -7.95. The highest BCUT2D eigenvalue weighted by atomic mass is 19.4. The van der Waals surface area contributed by atoms with Gasteiger partial charge in [-0.3, -0.25) is 9.59 Å². The van der Waals surface area contributed by atoms with Crippen molar-refractivity contribution in [2.75, 3.05) is 27.2 Å². The van der Waals surface area contributed by atoms with Crippen LogP contribution in [-0.4, -0.2) is 48.6 Å². The maximum absolute atomic E-state index is 16.6. The summed E-state index contributed by atoms with van der Waals surface area (Å²) in [6.45, 7) is 7.15. The largest absolute Gasteiger partial charge is 0.463 e. The molecule has 0 aliphatic rings. The average molecular weight is 762 g/mol. The van der Waals surface area contributed by atoms with E-state index in [-0.39, 0.29) is 54.2 Å². The van der Waals surface area contributed by atoms with Crippen molar-refractivity contribution in [3.8, 4) is 11.1 Å². The van der Waals surface area contributed by atoms with Crippen molar-refractivity contribution in [1.29, 1.82) is 0 Å². The fraction of sp³-hybridized carbons (Fsp3) is 0.432. The number of hydrogen-bond donors (Lipinski definition) is 1. The highest BCUT2D eigenvalue weighted by Gasteiger charge is 2.40. The van der Waals surface area contributed by atoms with Gasteiger partial charge < -0.3 is 19.5 Å². The van der Waals surface area contributed by atoms with E-state index in [1.165, 1.54) is 13.8 Å². The molecular formula is C37H40F9N3O4. The van der Waals surface area contributed by atoms with Crippen molar-refractivity contribution in [2.45, 2.75) is 72.3 Å². The van der Waals surface area contributed by atoms with Crippen LogP contribution in [0, 0.1) is 37.2 Å². The molecule has 0 fully saturated rings. The van der Waals surface area contributed by atoms with Crippen molar-refractivity contribution in [1.82, 2.24) is 14.8 Å². The van der Waals surface area contributed by atoms with E-state index in [0.717, 1.165) is 25.3 Å². The number of rotatable bonds is 13. The minimum absolute atomic E-state index is 0.105. The normalized spacial score (nSPS) is 13.1. The number of carbonyl (C=O) groups is 2. The van der Waals surface area contributed by atoms with Gasteiger partial charge in [0.25, 0.3) is 5.56 Å². The molecule has 0 radical (unpaired) electrons. The van der Waals surface area contributed by atoms with Crippen LogP contribution in [-0.2, 0) is 33.1 Å². The third-order valence-corrected chi connectivity index (χ3v) is 8.31. The molecule has 0 aliphatic heterocycles. The van der Waals surface area contributed by atoms with Gasteiger partial charge in [-0.05, 0) is 101 Å². The van der Waals surface area contributed by atoms with Crippen LogP contribution in [0.4, 0.5) is 39.5 Å². The smallest absolute Gasteiger partial charge is 0.419 e. The van der Waals surface area contributed by atoms with Crippen molar-refractivity contribution in [3.05, 3.63) is 97.7 Å². The Bertz CT molecular complexity index is 1930. The SMILES string of the molecule is CCOC(=O)/C=C(/NC(=O)C(CC(C)C)n1cc(CCCN(C)C)c(C(F)(F)F)cc1=O)c1c(F)c(-c2c(C)ccc(F)c2C)cc(C(F)(F)F)c1F. The molecule has 0 saturated carbocycles. The second-order valence-corrected chi connectivity index (χ2v) is 13.1. The fourth-order valence-electron chi connectivity index (χ4n) is 5.86. The van der Waals surface area contributed by atoms with Gasteiger partial charge in [0.1, 0.15) is 23.5 Å². The number of benzene rings is 2. The summed E-state index contributed by atoms with van der Waals surface area (Å²) < 4.78 is 138. The number of aryl methyl sites for hydroxylation is 2. The summed E-state index contributed by atoms with van der Waals surface area (Å²) >= 11 is 0. The van der Waals surface area contributed by atoms with Crippen LogP contribution in [0.5, 0.6) is 0 Å². The molecule has 0 spiro atoms. The van der Waals surface area contributed by atoms with Crippen LogP contribution in [0.3, 0.4) is 0 Å². The molecule has 1 unspecified atom stereocenters. The Morgan fingerprint density at radius 1 is 0.962 bits per heavy atom. The first kappa shape index (κ1) is 42.8. The minimum Gasteiger partial charge on any atom is -0.463 e. The number of aromatic nitrogens is 1. The third kappa shape index (κ3) is 10.3. The van der Waals surface area contributed by atoms with Gasteiger partial charge in [-0.1, -0.05) is 19.9 Å². The van der Waals surface area contributed by atoms with Crippen molar-refractivity contribution >= 4 is 17.6 Å². The molecule has 1 atom stereocenters. The first-order chi connectivity index (χ1) is 24.5. The first-order valence-corrected chi connectivity index (χ1v) is 16.5. The summed E-state index contributed by atoms with van der Waals surface area (Å²) in [4.78, 5) is 41.7. The van der Waals surface area contributed by atoms with E-state index in [4.69, 9.17) is 4.74 Å². The Hall–Kier alpha value is -4.60. The van der Waals surface area contributed by atoms with Gasteiger partial charge in [-0.15, -0.1) is 0 Å². The number of halogens is 9. The van der Waals surface area contributed by atoms with E-state index in [1.807, 2.05) is 0 Å². The zero-order valence-electron chi connectivity index (χ0n) is 30.1. The highest BCUT2D eigenvalue weighted by Crippen LogP contribution is 2.42. The lowest BCUT2D eigenvalue weighted by molar-refractivity contribution is -0.140. The van der Waals surface area contributed by atoms with E-state index < -0.39 is 87.2 Å². The van der Waals surface area contributed by atoms with Crippen LogP contribution in [0.25, 0.3) is 16.8 Å². The molecule has 290 valence electrons. The first-order valence-electron chi connectivity index (χ1n) is 16.5. The molecule has 16 heteroatoms. The van der Waals surface area contributed by atoms with Gasteiger partial charge in [0, 0.05) is 23.9 Å². The lowest BCUT2D eigenvalue weighted by Gasteiger charge is -2.25.